The fraction of sp³-hybridized carbons (Fsp3) is 0. The van der Waals surface area contributed by atoms with Crippen molar-refractivity contribution >= 4 is 27.5 Å². The zero-order chi connectivity index (χ0) is 22.9. The van der Waals surface area contributed by atoms with E-state index in [0.29, 0.717) is 11.6 Å². The molecule has 0 spiro atoms. The quantitative estimate of drug-likeness (QED) is 0.266. The van der Waals surface area contributed by atoms with Gasteiger partial charge in [0.2, 0.25) is 5.88 Å². The van der Waals surface area contributed by atoms with Crippen LogP contribution in [0.4, 0.5) is 5.69 Å². The molecule has 0 atom stereocenters. The Labute approximate surface area is 196 Å². The maximum atomic E-state index is 7.41. The lowest BCUT2D eigenvalue weighted by molar-refractivity contribution is 0.463. The number of para-hydroxylation sites is 1. The van der Waals surface area contributed by atoms with E-state index < -0.39 is 0 Å². The van der Waals surface area contributed by atoms with Crippen LogP contribution in [0.5, 0.6) is 11.6 Å². The molecule has 5 nitrogen and oxygen atoms in total. The largest absolute Gasteiger partial charge is 0.439 e. The predicted octanol–water partition coefficient (Wildman–Crippen LogP) is 7.58. The Balaban J connectivity index is 1.52. The number of nitrogens with zero attached hydrogens (tertiary/aromatic N) is 4. The molecule has 0 amide bonds. The molecule has 6 rings (SSSR count). The van der Waals surface area contributed by atoms with Crippen LogP contribution in [0.2, 0.25) is 0 Å². The lowest BCUT2D eigenvalue weighted by Crippen LogP contribution is -1.96. The fourth-order valence-corrected chi connectivity index (χ4v) is 4.26. The van der Waals surface area contributed by atoms with Crippen LogP contribution in [0.15, 0.2) is 109 Å². The smallest absolute Gasteiger partial charge is 0.219 e. The Morgan fingerprint density at radius 1 is 0.676 bits per heavy atom. The van der Waals surface area contributed by atoms with E-state index in [1.807, 2.05) is 54.6 Å². The van der Waals surface area contributed by atoms with Crippen LogP contribution in [-0.4, -0.2) is 14.5 Å². The summed E-state index contributed by atoms with van der Waals surface area (Å²) < 4.78 is 8.06. The van der Waals surface area contributed by atoms with Gasteiger partial charge < -0.3 is 4.74 Å². The highest BCUT2D eigenvalue weighted by atomic mass is 16.5. The van der Waals surface area contributed by atoms with Crippen molar-refractivity contribution in [2.75, 3.05) is 0 Å². The van der Waals surface area contributed by atoms with E-state index in [1.165, 1.54) is 0 Å². The Morgan fingerprint density at radius 2 is 1.53 bits per heavy atom. The highest BCUT2D eigenvalue weighted by Crippen LogP contribution is 2.35. The van der Waals surface area contributed by atoms with Crippen LogP contribution >= 0.6 is 0 Å². The van der Waals surface area contributed by atoms with Gasteiger partial charge in [-0.2, -0.15) is 0 Å². The molecule has 160 valence electrons. The molecule has 0 saturated carbocycles. The number of benzene rings is 3. The minimum absolute atomic E-state index is 0.556. The minimum atomic E-state index is 0.556. The average molecular weight is 438 g/mol. The summed E-state index contributed by atoms with van der Waals surface area (Å²) >= 11 is 0. The summed E-state index contributed by atoms with van der Waals surface area (Å²) in [4.78, 5) is 12.4. The first-order valence-corrected chi connectivity index (χ1v) is 10.9. The Morgan fingerprint density at radius 3 is 2.41 bits per heavy atom. The minimum Gasteiger partial charge on any atom is -0.439 e. The molecule has 0 aliphatic carbocycles. The molecule has 0 aliphatic rings. The lowest BCUT2D eigenvalue weighted by atomic mass is 10.0. The highest BCUT2D eigenvalue weighted by Gasteiger charge is 2.14. The molecule has 0 bridgehead atoms. The van der Waals surface area contributed by atoms with Gasteiger partial charge in [-0.15, -0.1) is 0 Å². The number of pyridine rings is 2. The zero-order valence-corrected chi connectivity index (χ0v) is 18.1. The molecule has 0 fully saturated rings. The first kappa shape index (κ1) is 19.7. The monoisotopic (exact) mass is 438 g/mol. The van der Waals surface area contributed by atoms with Gasteiger partial charge in [0.1, 0.15) is 11.6 Å². The van der Waals surface area contributed by atoms with E-state index in [-0.39, 0.29) is 0 Å². The summed E-state index contributed by atoms with van der Waals surface area (Å²) in [5.41, 5.74) is 4.74. The number of rotatable bonds is 4. The summed E-state index contributed by atoms with van der Waals surface area (Å²) in [6.45, 7) is 7.41. The molecule has 3 aromatic carbocycles. The summed E-state index contributed by atoms with van der Waals surface area (Å²) in [6, 6.07) is 31.8. The molecule has 34 heavy (non-hydrogen) atoms. The van der Waals surface area contributed by atoms with Crippen molar-refractivity contribution in [3.63, 3.8) is 0 Å². The van der Waals surface area contributed by atoms with Gasteiger partial charge in [-0.3, -0.25) is 4.57 Å². The van der Waals surface area contributed by atoms with Crippen LogP contribution in [0.25, 0.3) is 43.6 Å². The van der Waals surface area contributed by atoms with E-state index in [9.17, 15) is 0 Å². The summed E-state index contributed by atoms with van der Waals surface area (Å²) in [6.07, 6.45) is 3.40. The Kier molecular flexibility index (Phi) is 4.75. The second-order valence-electron chi connectivity index (χ2n) is 7.87. The highest BCUT2D eigenvalue weighted by molar-refractivity contribution is 6.10. The number of aromatic nitrogens is 3. The van der Waals surface area contributed by atoms with Gasteiger partial charge in [0.05, 0.1) is 17.6 Å². The van der Waals surface area contributed by atoms with Crippen molar-refractivity contribution in [1.82, 2.24) is 14.5 Å². The van der Waals surface area contributed by atoms with Gasteiger partial charge in [-0.05, 0) is 53.6 Å². The van der Waals surface area contributed by atoms with Crippen LogP contribution in [0, 0.1) is 6.57 Å². The summed E-state index contributed by atoms with van der Waals surface area (Å²) in [7, 11) is 0. The van der Waals surface area contributed by atoms with Crippen LogP contribution < -0.4 is 4.74 Å². The maximum Gasteiger partial charge on any atom is 0.219 e. The first-order valence-electron chi connectivity index (χ1n) is 10.9. The van der Waals surface area contributed by atoms with Crippen molar-refractivity contribution in [1.29, 1.82) is 0 Å². The molecule has 0 unspecified atom stereocenters. The lowest BCUT2D eigenvalue weighted by Gasteiger charge is -2.10. The predicted molar refractivity (Wildman–Crippen MR) is 135 cm³/mol. The maximum absolute atomic E-state index is 7.41. The number of hydrogen-bond donors (Lipinski definition) is 0. The molecule has 3 aromatic heterocycles. The Hall–Kier alpha value is -4.95. The molecule has 0 N–H and O–H groups in total. The number of fused-ring (bicyclic) bond motifs is 3. The van der Waals surface area contributed by atoms with Crippen molar-refractivity contribution in [2.24, 2.45) is 0 Å². The number of hydrogen-bond acceptors (Lipinski definition) is 3. The molecule has 6 aromatic rings. The van der Waals surface area contributed by atoms with Crippen molar-refractivity contribution in [3.05, 3.63) is 121 Å². The Bertz CT molecular complexity index is 1700. The summed E-state index contributed by atoms with van der Waals surface area (Å²) in [5, 5.41) is 2.28. The molecule has 0 saturated heterocycles. The van der Waals surface area contributed by atoms with E-state index >= 15 is 0 Å². The molecule has 5 heteroatoms. The van der Waals surface area contributed by atoms with E-state index in [2.05, 4.69) is 55.8 Å². The summed E-state index contributed by atoms with van der Waals surface area (Å²) in [5.74, 6) is 2.01. The van der Waals surface area contributed by atoms with Crippen LogP contribution in [-0.2, 0) is 0 Å². The van der Waals surface area contributed by atoms with E-state index in [0.717, 1.165) is 44.5 Å². The van der Waals surface area contributed by atoms with E-state index in [4.69, 9.17) is 11.3 Å². The second-order valence-corrected chi connectivity index (χ2v) is 7.87. The average Bonchev–Trinajstić information content (AvgIpc) is 3.23. The van der Waals surface area contributed by atoms with Gasteiger partial charge in [0.15, 0.2) is 5.69 Å². The van der Waals surface area contributed by atoms with Crippen molar-refractivity contribution < 1.29 is 4.74 Å². The molecular formula is C29H18N4O. The normalized spacial score (nSPS) is 10.9. The third kappa shape index (κ3) is 3.44. The number of ether oxygens (including phenoxy) is 1. The molecular weight excluding hydrogens is 420 g/mol. The fourth-order valence-electron chi connectivity index (χ4n) is 4.26. The van der Waals surface area contributed by atoms with Gasteiger partial charge >= 0.3 is 0 Å². The molecule has 0 radical (unpaired) electrons. The standard InChI is InChI=1S/C29H18N4O/c1-30-22-14-16-31-28(19-22)33-26-10-3-2-9-24(26)25-13-12-21(18-27(25)33)20-7-6-8-23(17-20)34-29-11-4-5-15-32-29/h2-19H. The third-order valence-electron chi connectivity index (χ3n) is 5.79. The van der Waals surface area contributed by atoms with Gasteiger partial charge in [0, 0.05) is 29.2 Å². The van der Waals surface area contributed by atoms with Crippen LogP contribution in [0.1, 0.15) is 0 Å². The van der Waals surface area contributed by atoms with Crippen molar-refractivity contribution in [2.45, 2.75) is 0 Å². The molecule has 0 aliphatic heterocycles. The topological polar surface area (TPSA) is 44.3 Å². The van der Waals surface area contributed by atoms with E-state index in [1.54, 1.807) is 18.5 Å². The van der Waals surface area contributed by atoms with Gasteiger partial charge in [-0.25, -0.2) is 14.8 Å². The third-order valence-corrected chi connectivity index (χ3v) is 5.79. The second kappa shape index (κ2) is 8.19. The van der Waals surface area contributed by atoms with Crippen LogP contribution in [0.3, 0.4) is 0 Å². The van der Waals surface area contributed by atoms with Gasteiger partial charge in [-0.1, -0.05) is 48.5 Å². The van der Waals surface area contributed by atoms with Crippen molar-refractivity contribution in [3.8, 4) is 28.6 Å². The zero-order valence-electron chi connectivity index (χ0n) is 18.1. The SMILES string of the molecule is [C-]#[N+]c1ccnc(-n2c3ccccc3c3ccc(-c4cccc(Oc5ccccn5)c4)cc32)c1. The first-order chi connectivity index (χ1) is 16.8. The molecule has 3 heterocycles. The van der Waals surface area contributed by atoms with Gasteiger partial charge in [0.25, 0.3) is 0 Å².